The Morgan fingerprint density at radius 2 is 1.69 bits per heavy atom. The lowest BCUT2D eigenvalue weighted by Crippen LogP contribution is -2.35. The highest BCUT2D eigenvalue weighted by atomic mass is 15.1. The van der Waals surface area contributed by atoms with Crippen molar-refractivity contribution in [2.75, 3.05) is 40.8 Å². The van der Waals surface area contributed by atoms with Crippen molar-refractivity contribution in [3.8, 4) is 0 Å². The van der Waals surface area contributed by atoms with Crippen molar-refractivity contribution in [1.82, 2.24) is 9.80 Å². The third kappa shape index (κ3) is 6.80. The molecule has 0 saturated heterocycles. The molecule has 0 aliphatic carbocycles. The van der Waals surface area contributed by atoms with Gasteiger partial charge < -0.3 is 15.5 Å². The summed E-state index contributed by atoms with van der Waals surface area (Å²) in [5.41, 5.74) is 5.38. The molecule has 0 spiro atoms. The minimum atomic E-state index is -0.171. The molecule has 0 rings (SSSR count). The molecule has 0 heterocycles. The number of hydrogen-bond acceptors (Lipinski definition) is 3. The Labute approximate surface area is 100 Å². The van der Waals surface area contributed by atoms with Gasteiger partial charge in [0.25, 0.3) is 0 Å². The maximum Gasteiger partial charge on any atom is 0.0963 e. The number of nitrogens with one attached hydrogen (secondary N) is 1. The fraction of sp³-hybridized carbons (Fsp3) is 0.917. The van der Waals surface area contributed by atoms with Gasteiger partial charge >= 0.3 is 0 Å². The average molecular weight is 228 g/mol. The minimum absolute atomic E-state index is 0.171. The molecular weight excluding hydrogens is 200 g/mol. The highest BCUT2D eigenvalue weighted by molar-refractivity contribution is 5.82. The second kappa shape index (κ2) is 6.86. The summed E-state index contributed by atoms with van der Waals surface area (Å²) in [5, 5.41) is 7.49. The van der Waals surface area contributed by atoms with Crippen molar-refractivity contribution in [1.29, 1.82) is 5.41 Å². The first-order chi connectivity index (χ1) is 7.25. The summed E-state index contributed by atoms with van der Waals surface area (Å²) in [5.74, 6) is 0.286. The van der Waals surface area contributed by atoms with E-state index >= 15 is 0 Å². The molecular formula is C12H28N4. The summed E-state index contributed by atoms with van der Waals surface area (Å²) in [6.45, 7) is 7.29. The van der Waals surface area contributed by atoms with E-state index in [-0.39, 0.29) is 11.3 Å². The lowest BCUT2D eigenvalue weighted by Gasteiger charge is -2.26. The summed E-state index contributed by atoms with van der Waals surface area (Å²) >= 11 is 0. The second-order valence-electron chi connectivity index (χ2n) is 5.51. The zero-order valence-corrected chi connectivity index (χ0v) is 11.5. The molecule has 0 fully saturated rings. The first-order valence-electron chi connectivity index (χ1n) is 5.93. The van der Waals surface area contributed by atoms with E-state index < -0.39 is 0 Å². The number of rotatable bonds is 8. The highest BCUT2D eigenvalue weighted by Gasteiger charge is 2.21. The molecule has 4 nitrogen and oxygen atoms in total. The van der Waals surface area contributed by atoms with Crippen LogP contribution >= 0.6 is 0 Å². The monoisotopic (exact) mass is 228 g/mol. The van der Waals surface area contributed by atoms with Crippen LogP contribution in [0.15, 0.2) is 0 Å². The van der Waals surface area contributed by atoms with Crippen LogP contribution in [0.2, 0.25) is 0 Å². The Hall–Kier alpha value is -0.610. The van der Waals surface area contributed by atoms with Crippen molar-refractivity contribution in [2.45, 2.75) is 26.7 Å². The zero-order valence-electron chi connectivity index (χ0n) is 11.5. The van der Waals surface area contributed by atoms with Gasteiger partial charge in [0.05, 0.1) is 5.84 Å². The smallest absolute Gasteiger partial charge is 0.0963 e. The molecule has 0 aliphatic rings. The molecule has 0 atom stereocenters. The van der Waals surface area contributed by atoms with Crippen LogP contribution in [0.5, 0.6) is 0 Å². The van der Waals surface area contributed by atoms with E-state index in [4.69, 9.17) is 11.1 Å². The number of nitrogens with zero attached hydrogens (tertiary/aromatic N) is 2. The average Bonchev–Trinajstić information content (AvgIpc) is 2.14. The summed E-state index contributed by atoms with van der Waals surface area (Å²) in [4.78, 5) is 4.52. The minimum Gasteiger partial charge on any atom is -0.387 e. The van der Waals surface area contributed by atoms with Crippen LogP contribution < -0.4 is 5.73 Å². The molecule has 0 saturated carbocycles. The van der Waals surface area contributed by atoms with Gasteiger partial charge in [-0.1, -0.05) is 13.8 Å². The SMILES string of the molecule is CN(C)CCCN(C)CCC(C)(C)C(=N)N. The molecule has 3 N–H and O–H groups in total. The number of hydrogen-bond donors (Lipinski definition) is 2. The summed E-state index contributed by atoms with van der Waals surface area (Å²) in [7, 11) is 6.32. The lowest BCUT2D eigenvalue weighted by atomic mass is 9.88. The quantitative estimate of drug-likeness (QED) is 0.485. The van der Waals surface area contributed by atoms with Gasteiger partial charge in [0, 0.05) is 5.41 Å². The van der Waals surface area contributed by atoms with Crippen LogP contribution in [0.25, 0.3) is 0 Å². The first kappa shape index (κ1) is 15.4. The van der Waals surface area contributed by atoms with E-state index in [2.05, 4.69) is 30.9 Å². The van der Waals surface area contributed by atoms with Crippen molar-refractivity contribution in [3.63, 3.8) is 0 Å². The molecule has 0 aliphatic heterocycles. The molecule has 4 heteroatoms. The molecule has 0 aromatic carbocycles. The third-order valence-electron chi connectivity index (χ3n) is 2.99. The fourth-order valence-corrected chi connectivity index (χ4v) is 1.37. The summed E-state index contributed by atoms with van der Waals surface area (Å²) in [6, 6.07) is 0. The van der Waals surface area contributed by atoms with Crippen LogP contribution in [-0.2, 0) is 0 Å². The van der Waals surface area contributed by atoms with Crippen molar-refractivity contribution in [2.24, 2.45) is 11.1 Å². The topological polar surface area (TPSA) is 56.4 Å². The highest BCUT2D eigenvalue weighted by Crippen LogP contribution is 2.19. The first-order valence-corrected chi connectivity index (χ1v) is 5.93. The Morgan fingerprint density at radius 1 is 1.12 bits per heavy atom. The van der Waals surface area contributed by atoms with E-state index in [1.807, 2.05) is 13.8 Å². The molecule has 0 unspecified atom stereocenters. The van der Waals surface area contributed by atoms with Gasteiger partial charge in [-0.2, -0.15) is 0 Å². The van der Waals surface area contributed by atoms with Gasteiger partial charge in [0.15, 0.2) is 0 Å². The maximum atomic E-state index is 7.49. The van der Waals surface area contributed by atoms with Crippen LogP contribution in [0.4, 0.5) is 0 Å². The van der Waals surface area contributed by atoms with Crippen LogP contribution in [0.3, 0.4) is 0 Å². The fourth-order valence-electron chi connectivity index (χ4n) is 1.37. The summed E-state index contributed by atoms with van der Waals surface area (Å²) < 4.78 is 0. The third-order valence-corrected chi connectivity index (χ3v) is 2.99. The lowest BCUT2D eigenvalue weighted by molar-refractivity contribution is 0.272. The Morgan fingerprint density at radius 3 is 2.12 bits per heavy atom. The molecule has 0 amide bonds. The molecule has 0 aromatic heterocycles. The van der Waals surface area contributed by atoms with Gasteiger partial charge in [0.2, 0.25) is 0 Å². The van der Waals surface area contributed by atoms with Crippen LogP contribution in [0.1, 0.15) is 26.7 Å². The predicted molar refractivity (Wildman–Crippen MR) is 71.0 cm³/mol. The van der Waals surface area contributed by atoms with Crippen LogP contribution in [-0.4, -0.2) is 56.4 Å². The van der Waals surface area contributed by atoms with Crippen molar-refractivity contribution < 1.29 is 0 Å². The Kier molecular flexibility index (Phi) is 6.60. The maximum absolute atomic E-state index is 7.49. The zero-order chi connectivity index (χ0) is 12.8. The largest absolute Gasteiger partial charge is 0.387 e. The van der Waals surface area contributed by atoms with Crippen LogP contribution in [0, 0.1) is 10.8 Å². The normalized spacial score (nSPS) is 12.4. The van der Waals surface area contributed by atoms with E-state index in [9.17, 15) is 0 Å². The van der Waals surface area contributed by atoms with E-state index in [1.54, 1.807) is 0 Å². The molecule has 0 bridgehead atoms. The molecule has 0 aromatic rings. The van der Waals surface area contributed by atoms with E-state index in [0.29, 0.717) is 0 Å². The van der Waals surface area contributed by atoms with Gasteiger partial charge in [-0.25, -0.2) is 0 Å². The van der Waals surface area contributed by atoms with E-state index in [1.165, 1.54) is 6.42 Å². The predicted octanol–water partition coefficient (Wildman–Crippen LogP) is 1.22. The molecule has 16 heavy (non-hydrogen) atoms. The molecule has 96 valence electrons. The van der Waals surface area contributed by atoms with Crippen molar-refractivity contribution in [3.05, 3.63) is 0 Å². The van der Waals surface area contributed by atoms with Gasteiger partial charge in [0.1, 0.15) is 0 Å². The standard InChI is InChI=1S/C12H28N4/c1-12(2,11(13)14)7-10-16(5)9-6-8-15(3)4/h6-10H2,1-5H3,(H3,13,14). The molecule has 0 radical (unpaired) electrons. The van der Waals surface area contributed by atoms with Gasteiger partial charge in [-0.15, -0.1) is 0 Å². The number of amidine groups is 1. The Bertz CT molecular complexity index is 211. The van der Waals surface area contributed by atoms with Gasteiger partial charge in [-0.05, 0) is 53.6 Å². The number of nitrogens with two attached hydrogens (primary N) is 1. The second-order valence-corrected chi connectivity index (χ2v) is 5.51. The Balaban J connectivity index is 3.73. The van der Waals surface area contributed by atoms with Gasteiger partial charge in [-0.3, -0.25) is 5.41 Å². The van der Waals surface area contributed by atoms with E-state index in [0.717, 1.165) is 26.1 Å². The van der Waals surface area contributed by atoms with Crippen molar-refractivity contribution >= 4 is 5.84 Å². The summed E-state index contributed by atoms with van der Waals surface area (Å²) in [6.07, 6.45) is 2.13.